The third kappa shape index (κ3) is 2.58. The van der Waals surface area contributed by atoms with E-state index < -0.39 is 12.0 Å². The summed E-state index contributed by atoms with van der Waals surface area (Å²) in [5, 5.41) is 14.8. The molecule has 0 spiro atoms. The van der Waals surface area contributed by atoms with Gasteiger partial charge >= 0.3 is 5.97 Å². The van der Waals surface area contributed by atoms with E-state index in [1.54, 1.807) is 16.2 Å². The van der Waals surface area contributed by atoms with E-state index in [0.717, 1.165) is 36.2 Å². The molecule has 1 aromatic rings. The van der Waals surface area contributed by atoms with Crippen molar-refractivity contribution in [2.24, 2.45) is 5.92 Å². The van der Waals surface area contributed by atoms with Gasteiger partial charge in [-0.25, -0.2) is 4.79 Å². The van der Waals surface area contributed by atoms with Gasteiger partial charge in [-0.05, 0) is 48.7 Å². The molecule has 0 saturated carbocycles. The van der Waals surface area contributed by atoms with E-state index in [2.05, 4.69) is 12.2 Å². The van der Waals surface area contributed by atoms with Crippen molar-refractivity contribution in [1.29, 1.82) is 0 Å². The van der Waals surface area contributed by atoms with Crippen LogP contribution in [0.25, 0.3) is 0 Å². The summed E-state index contributed by atoms with van der Waals surface area (Å²) in [6.45, 7) is 3.38. The first-order chi connectivity index (χ1) is 10.1. The first-order valence-electron chi connectivity index (χ1n) is 7.42. The summed E-state index contributed by atoms with van der Waals surface area (Å²) in [5.41, 5.74) is 0.788. The van der Waals surface area contributed by atoms with Crippen LogP contribution in [0.3, 0.4) is 0 Å². The first kappa shape index (κ1) is 14.5. The maximum Gasteiger partial charge on any atom is 0.331 e. The number of rotatable bonds is 2. The summed E-state index contributed by atoms with van der Waals surface area (Å²) in [4.78, 5) is 27.1. The standard InChI is InChI=1S/C15H20N2O3S/c1-9-3-2-6-16-12(9)14(18)17-7-4-11-10(5-8-21-11)13(17)15(19)20/h5,8-9,12-13,16H,2-4,6-7H2,1H3,(H,19,20). The number of carbonyl (C=O) groups excluding carboxylic acids is 1. The van der Waals surface area contributed by atoms with Gasteiger partial charge in [0.1, 0.15) is 0 Å². The summed E-state index contributed by atoms with van der Waals surface area (Å²) in [5.74, 6) is -0.748. The molecule has 0 aliphatic carbocycles. The molecule has 1 saturated heterocycles. The lowest BCUT2D eigenvalue weighted by molar-refractivity contribution is -0.153. The topological polar surface area (TPSA) is 69.6 Å². The number of amides is 1. The van der Waals surface area contributed by atoms with E-state index in [9.17, 15) is 14.7 Å². The lowest BCUT2D eigenvalue weighted by Gasteiger charge is -2.38. The molecule has 1 aromatic heterocycles. The molecule has 6 heteroatoms. The Bertz CT molecular complexity index is 557. The normalized spacial score (nSPS) is 29.0. The summed E-state index contributed by atoms with van der Waals surface area (Å²) < 4.78 is 0. The van der Waals surface area contributed by atoms with Crippen LogP contribution >= 0.6 is 11.3 Å². The molecule has 1 fully saturated rings. The molecular weight excluding hydrogens is 288 g/mol. The maximum absolute atomic E-state index is 12.8. The minimum absolute atomic E-state index is 0.0635. The number of hydrogen-bond acceptors (Lipinski definition) is 4. The third-order valence-electron chi connectivity index (χ3n) is 4.52. The van der Waals surface area contributed by atoms with Crippen LogP contribution in [0.15, 0.2) is 11.4 Å². The quantitative estimate of drug-likeness (QED) is 0.871. The molecule has 2 aliphatic rings. The Labute approximate surface area is 128 Å². The molecule has 0 aromatic carbocycles. The van der Waals surface area contributed by atoms with Crippen molar-refractivity contribution in [3.8, 4) is 0 Å². The molecule has 2 aliphatic heterocycles. The molecule has 0 bridgehead atoms. The molecule has 3 heterocycles. The number of carboxylic acids is 1. The highest BCUT2D eigenvalue weighted by Gasteiger charge is 2.40. The number of fused-ring (bicyclic) bond motifs is 1. The zero-order chi connectivity index (χ0) is 15.0. The van der Waals surface area contributed by atoms with E-state index in [0.29, 0.717) is 6.54 Å². The fourth-order valence-corrected chi connectivity index (χ4v) is 4.28. The number of carboxylic acid groups (broad SMARTS) is 1. The average molecular weight is 308 g/mol. The predicted molar refractivity (Wildman–Crippen MR) is 80.3 cm³/mol. The third-order valence-corrected chi connectivity index (χ3v) is 5.51. The molecule has 114 valence electrons. The Morgan fingerprint density at radius 2 is 2.29 bits per heavy atom. The van der Waals surface area contributed by atoms with Gasteiger partial charge in [-0.3, -0.25) is 4.79 Å². The van der Waals surface area contributed by atoms with E-state index in [1.165, 1.54) is 0 Å². The summed E-state index contributed by atoms with van der Waals surface area (Å²) in [6.07, 6.45) is 2.84. The Kier molecular flexibility index (Phi) is 3.99. The number of nitrogens with zero attached hydrogens (tertiary/aromatic N) is 1. The van der Waals surface area contributed by atoms with Gasteiger partial charge in [0, 0.05) is 11.4 Å². The zero-order valence-electron chi connectivity index (χ0n) is 12.0. The minimum atomic E-state index is -0.939. The second kappa shape index (κ2) is 5.77. The summed E-state index contributed by atoms with van der Waals surface area (Å²) in [6, 6.07) is 0.764. The van der Waals surface area contributed by atoms with Gasteiger partial charge in [0.05, 0.1) is 6.04 Å². The lowest BCUT2D eigenvalue weighted by Crippen LogP contribution is -2.55. The molecule has 3 atom stereocenters. The number of aliphatic carboxylic acids is 1. The van der Waals surface area contributed by atoms with Crippen molar-refractivity contribution in [2.45, 2.75) is 38.3 Å². The highest BCUT2D eigenvalue weighted by Crippen LogP contribution is 2.34. The molecule has 3 rings (SSSR count). The molecule has 0 radical (unpaired) electrons. The van der Waals surface area contributed by atoms with Crippen molar-refractivity contribution in [3.05, 3.63) is 21.9 Å². The molecule has 1 amide bonds. The van der Waals surface area contributed by atoms with Gasteiger partial charge in [-0.2, -0.15) is 0 Å². The maximum atomic E-state index is 12.8. The van der Waals surface area contributed by atoms with Gasteiger partial charge in [0.25, 0.3) is 0 Å². The van der Waals surface area contributed by atoms with E-state index in [1.807, 2.05) is 11.4 Å². The van der Waals surface area contributed by atoms with Crippen molar-refractivity contribution < 1.29 is 14.7 Å². The highest BCUT2D eigenvalue weighted by atomic mass is 32.1. The smallest absolute Gasteiger partial charge is 0.331 e. The largest absolute Gasteiger partial charge is 0.479 e. The molecule has 2 N–H and O–H groups in total. The van der Waals surface area contributed by atoms with Gasteiger partial charge in [-0.1, -0.05) is 6.92 Å². The molecule has 3 unspecified atom stereocenters. The predicted octanol–water partition coefficient (Wildman–Crippen LogP) is 1.65. The Balaban J connectivity index is 1.87. The number of piperidine rings is 1. The highest BCUT2D eigenvalue weighted by molar-refractivity contribution is 7.10. The number of hydrogen-bond donors (Lipinski definition) is 2. The number of thiophene rings is 1. The van der Waals surface area contributed by atoms with Crippen molar-refractivity contribution in [1.82, 2.24) is 10.2 Å². The second-order valence-corrected chi connectivity index (χ2v) is 6.87. The Morgan fingerprint density at radius 1 is 1.48 bits per heavy atom. The van der Waals surface area contributed by atoms with Crippen molar-refractivity contribution >= 4 is 23.2 Å². The average Bonchev–Trinajstić information content (AvgIpc) is 2.94. The van der Waals surface area contributed by atoms with E-state index in [-0.39, 0.29) is 17.9 Å². The molecule has 5 nitrogen and oxygen atoms in total. The van der Waals surface area contributed by atoms with Crippen LogP contribution in [0.1, 0.15) is 36.2 Å². The van der Waals surface area contributed by atoms with Crippen LogP contribution in [0, 0.1) is 5.92 Å². The van der Waals surface area contributed by atoms with E-state index in [4.69, 9.17) is 0 Å². The van der Waals surface area contributed by atoms with Gasteiger partial charge in [0.15, 0.2) is 6.04 Å². The van der Waals surface area contributed by atoms with Crippen molar-refractivity contribution in [3.63, 3.8) is 0 Å². The van der Waals surface area contributed by atoms with E-state index >= 15 is 0 Å². The molecule has 21 heavy (non-hydrogen) atoms. The minimum Gasteiger partial charge on any atom is -0.479 e. The van der Waals surface area contributed by atoms with Crippen LogP contribution in [-0.2, 0) is 16.0 Å². The Hall–Kier alpha value is -1.40. The van der Waals surface area contributed by atoms with Crippen LogP contribution in [0.5, 0.6) is 0 Å². The summed E-state index contributed by atoms with van der Waals surface area (Å²) >= 11 is 1.58. The Morgan fingerprint density at radius 3 is 3.00 bits per heavy atom. The monoisotopic (exact) mass is 308 g/mol. The van der Waals surface area contributed by atoms with Crippen LogP contribution in [0.2, 0.25) is 0 Å². The van der Waals surface area contributed by atoms with Gasteiger partial charge in [0.2, 0.25) is 5.91 Å². The second-order valence-electron chi connectivity index (χ2n) is 5.87. The zero-order valence-corrected chi connectivity index (χ0v) is 12.9. The molecular formula is C15H20N2O3S. The van der Waals surface area contributed by atoms with Gasteiger partial charge < -0.3 is 15.3 Å². The number of carbonyl (C=O) groups is 2. The first-order valence-corrected chi connectivity index (χ1v) is 8.30. The SMILES string of the molecule is CC1CCCNC1C(=O)N1CCc2sccc2C1C(=O)O. The van der Waals surface area contributed by atoms with Crippen LogP contribution < -0.4 is 5.32 Å². The number of nitrogens with one attached hydrogen (secondary N) is 1. The van der Waals surface area contributed by atoms with Crippen LogP contribution in [0.4, 0.5) is 0 Å². The fraction of sp³-hybridized carbons (Fsp3) is 0.600. The van der Waals surface area contributed by atoms with Gasteiger partial charge in [-0.15, -0.1) is 11.3 Å². The van der Waals surface area contributed by atoms with Crippen LogP contribution in [-0.4, -0.2) is 41.0 Å². The van der Waals surface area contributed by atoms with Crippen molar-refractivity contribution in [2.75, 3.05) is 13.1 Å². The lowest BCUT2D eigenvalue weighted by atomic mass is 9.90. The summed E-state index contributed by atoms with van der Waals surface area (Å²) in [7, 11) is 0. The fourth-order valence-electron chi connectivity index (χ4n) is 3.38.